The van der Waals surface area contributed by atoms with Gasteiger partial charge in [-0.3, -0.25) is 19.7 Å². The van der Waals surface area contributed by atoms with Crippen LogP contribution in [0.4, 0.5) is 19.3 Å². The van der Waals surface area contributed by atoms with E-state index in [1.54, 1.807) is 24.3 Å². The summed E-state index contributed by atoms with van der Waals surface area (Å²) in [7, 11) is 0. The van der Waals surface area contributed by atoms with Crippen LogP contribution in [0.3, 0.4) is 0 Å². The largest absolute Gasteiger partial charge is 0.461 e. The van der Waals surface area contributed by atoms with Gasteiger partial charge >= 0.3 is 18.0 Å². The zero-order chi connectivity index (χ0) is 27.4. The molecule has 0 radical (unpaired) electrons. The fourth-order valence-electron chi connectivity index (χ4n) is 3.21. The first kappa shape index (κ1) is 29.1. The number of benzene rings is 2. The number of carbonyl (C=O) groups is 3. The molecule has 0 fully saturated rings. The zero-order valence-corrected chi connectivity index (χ0v) is 19.7. The first-order valence-electron chi connectivity index (χ1n) is 11.2. The van der Waals surface area contributed by atoms with Gasteiger partial charge in [-0.25, -0.2) is 4.79 Å². The minimum atomic E-state index is -4.34. The summed E-state index contributed by atoms with van der Waals surface area (Å²) < 4.78 is 38.2. The summed E-state index contributed by atoms with van der Waals surface area (Å²) in [6.45, 7) is -0.264. The summed E-state index contributed by atoms with van der Waals surface area (Å²) in [4.78, 5) is 45.3. The summed E-state index contributed by atoms with van der Waals surface area (Å²) in [5.74, 6) is -6.93. The van der Waals surface area contributed by atoms with Crippen molar-refractivity contribution in [2.24, 2.45) is 5.73 Å². The zero-order valence-electron chi connectivity index (χ0n) is 19.7. The quantitative estimate of drug-likeness (QED) is 0.147. The van der Waals surface area contributed by atoms with Gasteiger partial charge in [0.25, 0.3) is 11.6 Å². The maximum atomic E-state index is 14.0. The molecule has 0 aliphatic carbocycles. The number of amides is 2. The number of ether oxygens (including phenoxy) is 2. The third-order valence-electron chi connectivity index (χ3n) is 5.29. The summed E-state index contributed by atoms with van der Waals surface area (Å²) >= 11 is 0. The van der Waals surface area contributed by atoms with Crippen LogP contribution in [-0.4, -0.2) is 46.1 Å². The van der Waals surface area contributed by atoms with E-state index >= 15 is 0 Å². The number of hydrogen-bond donors (Lipinski definition) is 3. The van der Waals surface area contributed by atoms with Crippen molar-refractivity contribution in [2.45, 2.75) is 57.0 Å². The summed E-state index contributed by atoms with van der Waals surface area (Å²) in [6, 6.07) is 12.4. The molecule has 0 aromatic heterocycles. The normalized spacial score (nSPS) is 12.7. The minimum Gasteiger partial charge on any atom is -0.461 e. The maximum Gasteiger partial charge on any atom is 0.407 e. The highest BCUT2D eigenvalue weighted by atomic mass is 19.3. The molecule has 2 unspecified atom stereocenters. The third kappa shape index (κ3) is 9.44. The lowest BCUT2D eigenvalue weighted by molar-refractivity contribution is -0.384. The Morgan fingerprint density at radius 2 is 1.59 bits per heavy atom. The average Bonchev–Trinajstić information content (AvgIpc) is 2.88. The van der Waals surface area contributed by atoms with E-state index in [9.17, 15) is 38.4 Å². The first-order valence-corrected chi connectivity index (χ1v) is 11.2. The number of alkyl carbamates (subject to hydrolysis) is 1. The van der Waals surface area contributed by atoms with E-state index in [1.165, 1.54) is 24.3 Å². The van der Waals surface area contributed by atoms with Gasteiger partial charge in [0.15, 0.2) is 0 Å². The number of nitro benzene ring substituents is 1. The molecule has 2 aromatic rings. The maximum absolute atomic E-state index is 14.0. The predicted octanol–water partition coefficient (Wildman–Crippen LogP) is 2.97. The Hall–Kier alpha value is -4.13. The smallest absolute Gasteiger partial charge is 0.407 e. The van der Waals surface area contributed by atoms with E-state index < -0.39 is 41.0 Å². The Morgan fingerprint density at radius 3 is 2.19 bits per heavy atom. The van der Waals surface area contributed by atoms with E-state index in [0.29, 0.717) is 5.56 Å². The Balaban J connectivity index is 1.88. The molecule has 0 spiro atoms. The van der Waals surface area contributed by atoms with Crippen molar-refractivity contribution in [1.29, 1.82) is 0 Å². The number of aliphatic hydroxyl groups excluding tert-OH is 1. The number of non-ortho nitro benzene ring substituents is 1. The SMILES string of the molecule is NC(=O)C(F)(F)C(O)C(CCCCC(=O)OCc1ccccc1)NC(=O)OCc1ccc([N+](=O)[O-])cc1. The van der Waals surface area contributed by atoms with Crippen LogP contribution in [0.1, 0.15) is 36.8 Å². The first-order chi connectivity index (χ1) is 17.5. The summed E-state index contributed by atoms with van der Waals surface area (Å²) in [6.07, 6.45) is -3.79. The third-order valence-corrected chi connectivity index (χ3v) is 5.29. The number of unbranched alkanes of at least 4 members (excludes halogenated alkanes) is 1. The molecule has 200 valence electrons. The highest BCUT2D eigenvalue weighted by Gasteiger charge is 2.49. The second kappa shape index (κ2) is 13.8. The van der Waals surface area contributed by atoms with Gasteiger partial charge in [-0.1, -0.05) is 36.8 Å². The van der Waals surface area contributed by atoms with Gasteiger partial charge in [-0.2, -0.15) is 8.78 Å². The van der Waals surface area contributed by atoms with Crippen LogP contribution in [0.5, 0.6) is 0 Å². The fraction of sp³-hybridized carbons (Fsp3) is 0.375. The molecule has 0 saturated heterocycles. The molecular weight excluding hydrogens is 496 g/mol. The fourth-order valence-corrected chi connectivity index (χ4v) is 3.21. The molecule has 2 amide bonds. The van der Waals surface area contributed by atoms with Crippen LogP contribution < -0.4 is 11.1 Å². The van der Waals surface area contributed by atoms with Gasteiger partial charge in [-0.05, 0) is 36.1 Å². The van der Waals surface area contributed by atoms with Crippen molar-refractivity contribution >= 4 is 23.7 Å². The molecule has 2 atom stereocenters. The number of halogens is 2. The molecule has 11 nitrogen and oxygen atoms in total. The number of carbonyl (C=O) groups excluding carboxylic acids is 3. The van der Waals surface area contributed by atoms with Crippen molar-refractivity contribution in [3.63, 3.8) is 0 Å². The molecule has 0 saturated carbocycles. The van der Waals surface area contributed by atoms with Crippen molar-refractivity contribution in [3.05, 3.63) is 75.8 Å². The number of nitrogens with one attached hydrogen (secondary N) is 1. The van der Waals surface area contributed by atoms with Crippen LogP contribution in [0.2, 0.25) is 0 Å². The molecule has 0 bridgehead atoms. The number of rotatable bonds is 14. The Kier molecular flexibility index (Phi) is 10.9. The molecule has 13 heteroatoms. The monoisotopic (exact) mass is 523 g/mol. The summed E-state index contributed by atoms with van der Waals surface area (Å²) in [5.41, 5.74) is 5.69. The number of alkyl halides is 2. The number of aliphatic hydroxyl groups is 1. The van der Waals surface area contributed by atoms with Gasteiger partial charge in [0, 0.05) is 18.6 Å². The topological polar surface area (TPSA) is 171 Å². The van der Waals surface area contributed by atoms with Crippen LogP contribution in [0, 0.1) is 10.1 Å². The van der Waals surface area contributed by atoms with E-state index in [4.69, 9.17) is 9.47 Å². The van der Waals surface area contributed by atoms with Crippen molar-refractivity contribution < 1.29 is 42.7 Å². The molecule has 2 rings (SSSR count). The second-order valence-electron chi connectivity index (χ2n) is 8.07. The van der Waals surface area contributed by atoms with Crippen LogP contribution in [0.15, 0.2) is 54.6 Å². The lowest BCUT2D eigenvalue weighted by atomic mass is 9.98. The van der Waals surface area contributed by atoms with E-state index in [2.05, 4.69) is 11.1 Å². The Bertz CT molecular complexity index is 1070. The number of esters is 1. The van der Waals surface area contributed by atoms with E-state index in [1.807, 2.05) is 6.07 Å². The molecule has 0 heterocycles. The van der Waals surface area contributed by atoms with Crippen molar-refractivity contribution in [1.82, 2.24) is 5.32 Å². The molecule has 4 N–H and O–H groups in total. The second-order valence-corrected chi connectivity index (χ2v) is 8.07. The van der Waals surface area contributed by atoms with Crippen LogP contribution in [-0.2, 0) is 32.3 Å². The Labute approximate surface area is 210 Å². The Morgan fingerprint density at radius 1 is 1.00 bits per heavy atom. The number of nitrogens with two attached hydrogens (primary N) is 1. The number of primary amides is 1. The standard InChI is InChI=1S/C24H27F2N3O8/c25-24(26,22(27)32)21(31)19(8-4-5-9-20(30)36-14-16-6-2-1-3-7-16)28-23(33)37-15-17-10-12-18(13-11-17)29(34)35/h1-3,6-7,10-13,19,21,31H,4-5,8-9,14-15H2,(H2,27,32)(H,28,33). The van der Waals surface area contributed by atoms with Crippen molar-refractivity contribution in [3.8, 4) is 0 Å². The van der Waals surface area contributed by atoms with Gasteiger partial charge < -0.3 is 25.6 Å². The van der Waals surface area contributed by atoms with Gasteiger partial charge in [0.1, 0.15) is 19.3 Å². The minimum absolute atomic E-state index is 0.0353. The number of hydrogen-bond acceptors (Lipinski definition) is 8. The average molecular weight is 523 g/mol. The summed E-state index contributed by atoms with van der Waals surface area (Å²) in [5, 5.41) is 22.9. The number of nitrogens with zero attached hydrogens (tertiary/aromatic N) is 1. The van der Waals surface area contributed by atoms with E-state index in [0.717, 1.165) is 5.56 Å². The van der Waals surface area contributed by atoms with Crippen LogP contribution >= 0.6 is 0 Å². The molecule has 0 aliphatic rings. The molecule has 0 aliphatic heterocycles. The van der Waals surface area contributed by atoms with E-state index in [-0.39, 0.29) is 44.6 Å². The van der Waals surface area contributed by atoms with Crippen LogP contribution in [0.25, 0.3) is 0 Å². The molecule has 37 heavy (non-hydrogen) atoms. The van der Waals surface area contributed by atoms with Gasteiger partial charge in [0.2, 0.25) is 0 Å². The number of nitro groups is 1. The molecular formula is C24H27F2N3O8. The van der Waals surface area contributed by atoms with Gasteiger partial charge in [0.05, 0.1) is 11.0 Å². The predicted molar refractivity (Wildman–Crippen MR) is 125 cm³/mol. The van der Waals surface area contributed by atoms with Gasteiger partial charge in [-0.15, -0.1) is 0 Å². The van der Waals surface area contributed by atoms with Crippen molar-refractivity contribution in [2.75, 3.05) is 0 Å². The highest BCUT2D eigenvalue weighted by molar-refractivity contribution is 5.82. The lowest BCUT2D eigenvalue weighted by Crippen LogP contribution is -2.56. The highest BCUT2D eigenvalue weighted by Crippen LogP contribution is 2.24. The molecule has 2 aromatic carbocycles. The lowest BCUT2D eigenvalue weighted by Gasteiger charge is -2.28.